The van der Waals surface area contributed by atoms with Gasteiger partial charge in [0, 0.05) is 6.08 Å². The van der Waals surface area contributed by atoms with Gasteiger partial charge in [-0.05, 0) is 84.8 Å². The number of ether oxygens (including phenoxy) is 1. The first-order valence-electron chi connectivity index (χ1n) is 8.83. The van der Waals surface area contributed by atoms with Crippen molar-refractivity contribution in [2.75, 3.05) is 6.61 Å². The molecule has 0 amide bonds. The monoisotopic (exact) mass is 320 g/mol. The molecule has 1 atom stereocenters. The summed E-state index contributed by atoms with van der Waals surface area (Å²) < 4.78 is 4.98. The summed E-state index contributed by atoms with van der Waals surface area (Å²) in [5.41, 5.74) is 6.56. The van der Waals surface area contributed by atoms with E-state index in [1.54, 1.807) is 6.08 Å². The summed E-state index contributed by atoms with van der Waals surface area (Å²) in [6, 6.07) is 0. The minimum Gasteiger partial charge on any atom is -0.463 e. The number of esters is 1. The van der Waals surface area contributed by atoms with E-state index in [1.165, 1.54) is 41.6 Å². The van der Waals surface area contributed by atoms with Crippen LogP contribution in [0.1, 0.15) is 81.1 Å². The second-order valence-electron chi connectivity index (χ2n) is 6.97. The van der Waals surface area contributed by atoms with E-state index >= 15 is 0 Å². The molecule has 0 rings (SSSR count). The number of carbonyl (C=O) groups excluding carboxylic acids is 1. The van der Waals surface area contributed by atoms with Crippen LogP contribution < -0.4 is 0 Å². The third-order valence-corrected chi connectivity index (χ3v) is 4.61. The van der Waals surface area contributed by atoms with Crippen molar-refractivity contribution >= 4 is 5.97 Å². The number of rotatable bonds is 9. The molecule has 2 nitrogen and oxygen atoms in total. The van der Waals surface area contributed by atoms with Gasteiger partial charge in [-0.15, -0.1) is 0 Å². The Morgan fingerprint density at radius 2 is 1.65 bits per heavy atom. The van der Waals surface area contributed by atoms with Crippen LogP contribution in [0.3, 0.4) is 0 Å². The molecule has 2 heteroatoms. The molecular weight excluding hydrogens is 284 g/mol. The molecule has 23 heavy (non-hydrogen) atoms. The van der Waals surface area contributed by atoms with Gasteiger partial charge in [-0.1, -0.05) is 30.1 Å². The van der Waals surface area contributed by atoms with Gasteiger partial charge in [0.15, 0.2) is 0 Å². The minimum absolute atomic E-state index is 0.248. The zero-order valence-electron chi connectivity index (χ0n) is 16.5. The van der Waals surface area contributed by atoms with E-state index in [2.05, 4.69) is 41.5 Å². The fourth-order valence-electron chi connectivity index (χ4n) is 2.55. The van der Waals surface area contributed by atoms with Gasteiger partial charge in [-0.3, -0.25) is 0 Å². The fraction of sp³-hybridized carbons (Fsp3) is 0.667. The minimum atomic E-state index is -0.248. The number of carbonyl (C=O) groups is 1. The lowest BCUT2D eigenvalue weighted by molar-refractivity contribution is -0.137. The number of hydrogen-bond acceptors (Lipinski definition) is 2. The summed E-state index contributed by atoms with van der Waals surface area (Å²) >= 11 is 0. The molecule has 0 saturated heterocycles. The van der Waals surface area contributed by atoms with E-state index in [9.17, 15) is 4.79 Å². The maximum Gasteiger partial charge on any atom is 0.331 e. The van der Waals surface area contributed by atoms with Crippen molar-refractivity contribution in [3.05, 3.63) is 33.9 Å². The van der Waals surface area contributed by atoms with Crippen LogP contribution in [0.15, 0.2) is 33.9 Å². The Labute approximate surface area is 143 Å². The van der Waals surface area contributed by atoms with Gasteiger partial charge >= 0.3 is 5.97 Å². The van der Waals surface area contributed by atoms with Crippen LogP contribution >= 0.6 is 0 Å². The molecule has 0 spiro atoms. The Morgan fingerprint density at radius 1 is 1.04 bits per heavy atom. The average Bonchev–Trinajstić information content (AvgIpc) is 2.45. The lowest BCUT2D eigenvalue weighted by Crippen LogP contribution is -2.02. The van der Waals surface area contributed by atoms with Crippen LogP contribution in [0.25, 0.3) is 0 Å². The average molecular weight is 321 g/mol. The molecule has 1 unspecified atom stereocenters. The Bertz CT molecular complexity index is 474. The molecule has 132 valence electrons. The Balaban J connectivity index is 4.56. The van der Waals surface area contributed by atoms with Gasteiger partial charge in [0.2, 0.25) is 0 Å². The molecular formula is C21H36O2. The van der Waals surface area contributed by atoms with Gasteiger partial charge in [0.05, 0.1) is 6.61 Å². The Hall–Kier alpha value is -1.31. The van der Waals surface area contributed by atoms with Crippen molar-refractivity contribution in [1.82, 2.24) is 0 Å². The second-order valence-corrected chi connectivity index (χ2v) is 6.97. The Morgan fingerprint density at radius 3 is 2.17 bits per heavy atom. The molecule has 0 aliphatic heterocycles. The third kappa shape index (κ3) is 9.43. The molecule has 0 saturated carbocycles. The van der Waals surface area contributed by atoms with Crippen molar-refractivity contribution in [3.63, 3.8) is 0 Å². The first-order valence-corrected chi connectivity index (χ1v) is 8.83. The van der Waals surface area contributed by atoms with Crippen LogP contribution in [0.2, 0.25) is 0 Å². The maximum absolute atomic E-state index is 11.5. The summed E-state index contributed by atoms with van der Waals surface area (Å²) in [5.74, 6) is 0.424. The second kappa shape index (κ2) is 11.3. The van der Waals surface area contributed by atoms with Crippen molar-refractivity contribution < 1.29 is 9.53 Å². The van der Waals surface area contributed by atoms with E-state index in [4.69, 9.17) is 4.74 Å². The predicted molar refractivity (Wildman–Crippen MR) is 100 cm³/mol. The molecule has 0 radical (unpaired) electrons. The van der Waals surface area contributed by atoms with Gasteiger partial charge < -0.3 is 4.74 Å². The van der Waals surface area contributed by atoms with E-state index in [0.717, 1.165) is 12.0 Å². The topological polar surface area (TPSA) is 26.3 Å². The highest BCUT2D eigenvalue weighted by molar-refractivity contribution is 5.83. The lowest BCUT2D eigenvalue weighted by atomic mass is 9.91. The lowest BCUT2D eigenvalue weighted by Gasteiger charge is -2.15. The first kappa shape index (κ1) is 21.7. The zero-order chi connectivity index (χ0) is 18.0. The van der Waals surface area contributed by atoms with Crippen molar-refractivity contribution in [3.8, 4) is 0 Å². The number of hydrogen-bond donors (Lipinski definition) is 0. The Kier molecular flexibility index (Phi) is 10.6. The zero-order valence-corrected chi connectivity index (χ0v) is 16.5. The molecule has 0 bridgehead atoms. The molecule has 0 N–H and O–H groups in total. The quantitative estimate of drug-likeness (QED) is 0.213. The highest BCUT2D eigenvalue weighted by atomic mass is 16.5. The highest BCUT2D eigenvalue weighted by Crippen LogP contribution is 2.24. The summed E-state index contributed by atoms with van der Waals surface area (Å²) in [7, 11) is 0. The molecule has 0 heterocycles. The number of allylic oxidation sites excluding steroid dienone is 5. The van der Waals surface area contributed by atoms with Crippen LogP contribution in [-0.2, 0) is 9.53 Å². The van der Waals surface area contributed by atoms with E-state index in [-0.39, 0.29) is 5.97 Å². The van der Waals surface area contributed by atoms with Crippen LogP contribution in [0.5, 0.6) is 0 Å². The van der Waals surface area contributed by atoms with E-state index in [0.29, 0.717) is 12.5 Å². The molecule has 0 aromatic heterocycles. The maximum atomic E-state index is 11.5. The fourth-order valence-corrected chi connectivity index (χ4v) is 2.55. The smallest absolute Gasteiger partial charge is 0.331 e. The van der Waals surface area contributed by atoms with E-state index in [1.807, 2.05) is 13.8 Å². The largest absolute Gasteiger partial charge is 0.463 e. The van der Waals surface area contributed by atoms with Gasteiger partial charge in [0.1, 0.15) is 0 Å². The first-order chi connectivity index (χ1) is 10.7. The van der Waals surface area contributed by atoms with Gasteiger partial charge in [0.25, 0.3) is 0 Å². The van der Waals surface area contributed by atoms with Crippen molar-refractivity contribution in [2.24, 2.45) is 5.92 Å². The van der Waals surface area contributed by atoms with Crippen LogP contribution in [0.4, 0.5) is 0 Å². The summed E-state index contributed by atoms with van der Waals surface area (Å²) in [6.07, 6.45) is 6.40. The summed E-state index contributed by atoms with van der Waals surface area (Å²) in [5, 5.41) is 0. The predicted octanol–water partition coefficient (Wildman–Crippen LogP) is 6.39. The van der Waals surface area contributed by atoms with Crippen LogP contribution in [-0.4, -0.2) is 12.6 Å². The SMILES string of the molecule is CCOC(=O)C=C(C)C(C)=C(C)CC(C)CCCC(C)=C(C)C. The van der Waals surface area contributed by atoms with Gasteiger partial charge in [-0.2, -0.15) is 0 Å². The normalized spacial score (nSPS) is 14.2. The van der Waals surface area contributed by atoms with Gasteiger partial charge in [-0.25, -0.2) is 4.79 Å². The van der Waals surface area contributed by atoms with Crippen molar-refractivity contribution in [2.45, 2.75) is 81.1 Å². The van der Waals surface area contributed by atoms with Crippen molar-refractivity contribution in [1.29, 1.82) is 0 Å². The van der Waals surface area contributed by atoms with E-state index < -0.39 is 0 Å². The van der Waals surface area contributed by atoms with Crippen LogP contribution in [0, 0.1) is 5.92 Å². The molecule has 0 aromatic rings. The third-order valence-electron chi connectivity index (χ3n) is 4.61. The summed E-state index contributed by atoms with van der Waals surface area (Å²) in [4.78, 5) is 11.5. The molecule has 0 aliphatic rings. The highest BCUT2D eigenvalue weighted by Gasteiger charge is 2.08. The molecule has 0 aliphatic carbocycles. The molecule has 0 fully saturated rings. The summed E-state index contributed by atoms with van der Waals surface area (Å²) in [6.45, 7) is 17.4. The standard InChI is InChI=1S/C21H36O2/c1-9-23-21(22)14-19(7)20(8)18(6)13-16(4)11-10-12-17(5)15(2)3/h14,16H,9-13H2,1-8H3. The molecule has 0 aromatic carbocycles.